The molecule has 0 aliphatic rings. The van der Waals surface area contributed by atoms with Gasteiger partial charge in [0.25, 0.3) is 5.91 Å². The first-order valence-corrected chi connectivity index (χ1v) is 7.01. The molecule has 0 saturated heterocycles. The van der Waals surface area contributed by atoms with Crippen LogP contribution in [0, 0.1) is 11.6 Å². The van der Waals surface area contributed by atoms with Crippen molar-refractivity contribution in [1.29, 1.82) is 0 Å². The molecule has 2 rings (SSSR count). The minimum absolute atomic E-state index is 0.178. The minimum atomic E-state index is -1.18. The van der Waals surface area contributed by atoms with E-state index in [0.717, 1.165) is 12.1 Å². The maximum absolute atomic E-state index is 13.2. The first-order valence-electron chi connectivity index (χ1n) is 7.01. The molecule has 2 unspecified atom stereocenters. The Morgan fingerprint density at radius 3 is 2.52 bits per heavy atom. The van der Waals surface area contributed by atoms with Gasteiger partial charge in [0.2, 0.25) is 0 Å². The van der Waals surface area contributed by atoms with E-state index in [1.807, 2.05) is 0 Å². The van der Waals surface area contributed by atoms with E-state index >= 15 is 0 Å². The standard InChI is InChI=1S/C17H17F2NO3/c1-10(16(21)11-7-8-13(18)14(19)9-11)20-17(22)12-5-3-4-6-15(12)23-2/h3-10,16,21H,1-2H3,(H,20,22). The fourth-order valence-corrected chi connectivity index (χ4v) is 2.18. The second-order valence-electron chi connectivity index (χ2n) is 5.08. The number of para-hydroxylation sites is 1. The van der Waals surface area contributed by atoms with Crippen LogP contribution in [0.4, 0.5) is 8.78 Å². The monoisotopic (exact) mass is 321 g/mol. The first-order chi connectivity index (χ1) is 10.9. The predicted molar refractivity (Wildman–Crippen MR) is 81.2 cm³/mol. The summed E-state index contributed by atoms with van der Waals surface area (Å²) in [5.74, 6) is -2.08. The van der Waals surface area contributed by atoms with Crippen molar-refractivity contribution in [2.24, 2.45) is 0 Å². The average molecular weight is 321 g/mol. The Labute approximate surface area is 132 Å². The van der Waals surface area contributed by atoms with Crippen LogP contribution in [0.25, 0.3) is 0 Å². The summed E-state index contributed by atoms with van der Waals surface area (Å²) in [6.45, 7) is 1.57. The zero-order valence-electron chi connectivity index (χ0n) is 12.7. The lowest BCUT2D eigenvalue weighted by atomic mass is 10.0. The summed E-state index contributed by atoms with van der Waals surface area (Å²) in [5, 5.41) is 12.8. The summed E-state index contributed by atoms with van der Waals surface area (Å²) in [6.07, 6.45) is -1.18. The molecular weight excluding hydrogens is 304 g/mol. The average Bonchev–Trinajstić information content (AvgIpc) is 2.56. The van der Waals surface area contributed by atoms with Crippen molar-refractivity contribution >= 4 is 5.91 Å². The summed E-state index contributed by atoms with van der Waals surface area (Å²) in [6, 6.07) is 9.06. The smallest absolute Gasteiger partial charge is 0.255 e. The number of aliphatic hydroxyl groups excluding tert-OH is 1. The van der Waals surface area contributed by atoms with E-state index in [9.17, 15) is 18.7 Å². The second-order valence-corrected chi connectivity index (χ2v) is 5.08. The van der Waals surface area contributed by atoms with Gasteiger partial charge < -0.3 is 15.2 Å². The van der Waals surface area contributed by atoms with Crippen molar-refractivity contribution in [3.05, 3.63) is 65.2 Å². The summed E-state index contributed by atoms with van der Waals surface area (Å²) < 4.78 is 31.3. The van der Waals surface area contributed by atoms with Crippen LogP contribution in [0.2, 0.25) is 0 Å². The molecule has 0 saturated carbocycles. The van der Waals surface area contributed by atoms with E-state index in [1.54, 1.807) is 31.2 Å². The fraction of sp³-hybridized carbons (Fsp3) is 0.235. The molecule has 4 nitrogen and oxygen atoms in total. The molecule has 0 fully saturated rings. The van der Waals surface area contributed by atoms with Crippen molar-refractivity contribution in [1.82, 2.24) is 5.32 Å². The van der Waals surface area contributed by atoms with E-state index in [0.29, 0.717) is 11.3 Å². The lowest BCUT2D eigenvalue weighted by molar-refractivity contribution is 0.0848. The highest BCUT2D eigenvalue weighted by molar-refractivity contribution is 5.97. The number of benzene rings is 2. The van der Waals surface area contributed by atoms with Crippen LogP contribution in [0.3, 0.4) is 0 Å². The Balaban J connectivity index is 2.12. The summed E-state index contributed by atoms with van der Waals surface area (Å²) in [4.78, 5) is 12.3. The molecule has 2 atom stereocenters. The van der Waals surface area contributed by atoms with Gasteiger partial charge >= 0.3 is 0 Å². The maximum atomic E-state index is 13.2. The molecule has 0 spiro atoms. The Kier molecular flexibility index (Phi) is 5.28. The number of ether oxygens (including phenoxy) is 1. The molecule has 0 aliphatic carbocycles. The van der Waals surface area contributed by atoms with Crippen molar-refractivity contribution in [2.75, 3.05) is 7.11 Å². The number of amides is 1. The van der Waals surface area contributed by atoms with Crippen molar-refractivity contribution in [2.45, 2.75) is 19.1 Å². The Hall–Kier alpha value is -2.47. The molecule has 6 heteroatoms. The Morgan fingerprint density at radius 1 is 1.17 bits per heavy atom. The van der Waals surface area contributed by atoms with Crippen LogP contribution in [0.5, 0.6) is 5.75 Å². The van der Waals surface area contributed by atoms with Gasteiger partial charge in [-0.1, -0.05) is 18.2 Å². The zero-order chi connectivity index (χ0) is 17.0. The third-order valence-corrected chi connectivity index (χ3v) is 3.47. The number of rotatable bonds is 5. The van der Waals surface area contributed by atoms with Crippen LogP contribution >= 0.6 is 0 Å². The highest BCUT2D eigenvalue weighted by Gasteiger charge is 2.21. The van der Waals surface area contributed by atoms with Gasteiger partial charge in [-0.3, -0.25) is 4.79 Å². The van der Waals surface area contributed by atoms with Crippen LogP contribution < -0.4 is 10.1 Å². The molecular formula is C17H17F2NO3. The Bertz CT molecular complexity index is 706. The topological polar surface area (TPSA) is 58.6 Å². The third-order valence-electron chi connectivity index (χ3n) is 3.47. The normalized spacial score (nSPS) is 13.3. The molecule has 0 radical (unpaired) electrons. The molecule has 2 aromatic carbocycles. The molecule has 0 heterocycles. The van der Waals surface area contributed by atoms with E-state index in [2.05, 4.69) is 5.32 Å². The zero-order valence-corrected chi connectivity index (χ0v) is 12.7. The number of hydrogen-bond donors (Lipinski definition) is 2. The number of halogens is 2. The van der Waals surface area contributed by atoms with Crippen molar-refractivity contribution in [3.8, 4) is 5.75 Å². The summed E-state index contributed by atoms with van der Waals surface area (Å²) in [5.41, 5.74) is 0.496. The van der Waals surface area contributed by atoms with Gasteiger partial charge in [0.05, 0.1) is 24.8 Å². The van der Waals surface area contributed by atoms with Crippen LogP contribution in [-0.4, -0.2) is 24.2 Å². The number of nitrogens with one attached hydrogen (secondary N) is 1. The van der Waals surface area contributed by atoms with Gasteiger partial charge in [-0.15, -0.1) is 0 Å². The fourth-order valence-electron chi connectivity index (χ4n) is 2.18. The van der Waals surface area contributed by atoms with Crippen molar-refractivity contribution in [3.63, 3.8) is 0 Å². The molecule has 1 amide bonds. The quantitative estimate of drug-likeness (QED) is 0.890. The van der Waals surface area contributed by atoms with Crippen LogP contribution in [0.15, 0.2) is 42.5 Å². The third kappa shape index (κ3) is 3.84. The molecule has 23 heavy (non-hydrogen) atoms. The number of aliphatic hydroxyl groups is 1. The molecule has 122 valence electrons. The van der Waals surface area contributed by atoms with Crippen LogP contribution in [0.1, 0.15) is 28.9 Å². The van der Waals surface area contributed by atoms with E-state index < -0.39 is 29.7 Å². The van der Waals surface area contributed by atoms with E-state index in [1.165, 1.54) is 13.2 Å². The summed E-state index contributed by atoms with van der Waals surface area (Å²) in [7, 11) is 1.45. The molecule has 0 bridgehead atoms. The molecule has 2 N–H and O–H groups in total. The SMILES string of the molecule is COc1ccccc1C(=O)NC(C)C(O)c1ccc(F)c(F)c1. The van der Waals surface area contributed by atoms with Gasteiger partial charge in [0, 0.05) is 0 Å². The lowest BCUT2D eigenvalue weighted by Gasteiger charge is -2.21. The summed E-state index contributed by atoms with van der Waals surface area (Å²) >= 11 is 0. The first kappa shape index (κ1) is 16.9. The van der Waals surface area contributed by atoms with Gasteiger partial charge in [0.1, 0.15) is 5.75 Å². The molecule has 0 aliphatic heterocycles. The van der Waals surface area contributed by atoms with Crippen molar-refractivity contribution < 1.29 is 23.4 Å². The van der Waals surface area contributed by atoms with Gasteiger partial charge in [-0.05, 0) is 36.8 Å². The van der Waals surface area contributed by atoms with Gasteiger partial charge in [-0.2, -0.15) is 0 Å². The second kappa shape index (κ2) is 7.19. The predicted octanol–water partition coefficient (Wildman–Crippen LogP) is 2.83. The van der Waals surface area contributed by atoms with Gasteiger partial charge in [0.15, 0.2) is 11.6 Å². The minimum Gasteiger partial charge on any atom is -0.496 e. The molecule has 0 aromatic heterocycles. The maximum Gasteiger partial charge on any atom is 0.255 e. The highest BCUT2D eigenvalue weighted by atomic mass is 19.2. The van der Waals surface area contributed by atoms with Crippen LogP contribution in [-0.2, 0) is 0 Å². The highest BCUT2D eigenvalue weighted by Crippen LogP contribution is 2.21. The van der Waals surface area contributed by atoms with E-state index in [-0.39, 0.29) is 5.56 Å². The molecule has 2 aromatic rings. The largest absolute Gasteiger partial charge is 0.496 e. The number of hydrogen-bond acceptors (Lipinski definition) is 3. The number of methoxy groups -OCH3 is 1. The number of carbonyl (C=O) groups excluding carboxylic acids is 1. The number of carbonyl (C=O) groups is 1. The van der Waals surface area contributed by atoms with E-state index in [4.69, 9.17) is 4.74 Å². The Morgan fingerprint density at radius 2 is 1.87 bits per heavy atom. The lowest BCUT2D eigenvalue weighted by Crippen LogP contribution is -2.37. The van der Waals surface area contributed by atoms with Gasteiger partial charge in [-0.25, -0.2) is 8.78 Å².